The zero-order valence-electron chi connectivity index (χ0n) is 8.97. The first-order valence-corrected chi connectivity index (χ1v) is 5.87. The molecule has 2 rings (SSSR count). The number of nitrogens with zero attached hydrogens (tertiary/aromatic N) is 2. The van der Waals surface area contributed by atoms with Crippen LogP contribution in [0, 0.1) is 0 Å². The summed E-state index contributed by atoms with van der Waals surface area (Å²) in [6.45, 7) is 0. The van der Waals surface area contributed by atoms with Crippen molar-refractivity contribution >= 4 is 15.9 Å². The molecule has 0 saturated heterocycles. The van der Waals surface area contributed by atoms with Crippen molar-refractivity contribution < 1.29 is 5.11 Å². The molecule has 0 radical (unpaired) electrons. The SMILES string of the molecule is Cn1ncc(Br)c1C(O)Cc1ccccc1. The molecule has 1 N–H and O–H groups in total. The molecule has 0 aliphatic rings. The van der Waals surface area contributed by atoms with E-state index in [0.29, 0.717) is 6.42 Å². The van der Waals surface area contributed by atoms with Crippen LogP contribution >= 0.6 is 15.9 Å². The molecular weight excluding hydrogens is 268 g/mol. The third-order valence-corrected chi connectivity index (χ3v) is 3.14. The molecule has 1 aromatic heterocycles. The summed E-state index contributed by atoms with van der Waals surface area (Å²) >= 11 is 3.39. The Morgan fingerprint density at radius 1 is 1.38 bits per heavy atom. The highest BCUT2D eigenvalue weighted by Gasteiger charge is 2.16. The van der Waals surface area contributed by atoms with Crippen molar-refractivity contribution in [1.82, 2.24) is 9.78 Å². The Bertz CT molecular complexity index is 448. The second-order valence-electron chi connectivity index (χ2n) is 3.71. The minimum atomic E-state index is -0.538. The second-order valence-corrected chi connectivity index (χ2v) is 4.56. The van der Waals surface area contributed by atoms with Gasteiger partial charge in [0.25, 0.3) is 0 Å². The number of aryl methyl sites for hydroxylation is 1. The summed E-state index contributed by atoms with van der Waals surface area (Å²) in [5.41, 5.74) is 1.92. The fourth-order valence-electron chi connectivity index (χ4n) is 1.73. The molecule has 0 fully saturated rings. The lowest BCUT2D eigenvalue weighted by atomic mass is 10.1. The number of benzene rings is 1. The lowest BCUT2D eigenvalue weighted by Crippen LogP contribution is -2.08. The van der Waals surface area contributed by atoms with Gasteiger partial charge in [0, 0.05) is 13.5 Å². The summed E-state index contributed by atoms with van der Waals surface area (Å²) in [5.74, 6) is 0. The molecule has 4 heteroatoms. The van der Waals surface area contributed by atoms with Crippen LogP contribution in [0.15, 0.2) is 41.0 Å². The predicted octanol–water partition coefficient (Wildman–Crippen LogP) is 2.46. The van der Waals surface area contributed by atoms with E-state index >= 15 is 0 Å². The summed E-state index contributed by atoms with van der Waals surface area (Å²) < 4.78 is 2.54. The van der Waals surface area contributed by atoms with Gasteiger partial charge in [-0.25, -0.2) is 0 Å². The lowest BCUT2D eigenvalue weighted by Gasteiger charge is -2.11. The fourth-order valence-corrected chi connectivity index (χ4v) is 2.34. The molecule has 1 unspecified atom stereocenters. The number of rotatable bonds is 3. The van der Waals surface area contributed by atoms with Gasteiger partial charge in [-0.3, -0.25) is 4.68 Å². The third-order valence-electron chi connectivity index (χ3n) is 2.53. The quantitative estimate of drug-likeness (QED) is 0.938. The molecule has 16 heavy (non-hydrogen) atoms. The van der Waals surface area contributed by atoms with Crippen molar-refractivity contribution in [1.29, 1.82) is 0 Å². The molecule has 1 heterocycles. The zero-order chi connectivity index (χ0) is 11.5. The van der Waals surface area contributed by atoms with E-state index in [0.717, 1.165) is 15.7 Å². The fraction of sp³-hybridized carbons (Fsp3) is 0.250. The molecule has 2 aromatic rings. The Morgan fingerprint density at radius 2 is 2.06 bits per heavy atom. The molecule has 0 spiro atoms. The molecule has 0 amide bonds. The molecular formula is C12H13BrN2O. The van der Waals surface area contributed by atoms with Crippen LogP contribution in [-0.2, 0) is 13.5 Å². The topological polar surface area (TPSA) is 38.0 Å². The largest absolute Gasteiger partial charge is 0.386 e. The van der Waals surface area contributed by atoms with E-state index in [2.05, 4.69) is 21.0 Å². The highest BCUT2D eigenvalue weighted by molar-refractivity contribution is 9.10. The minimum Gasteiger partial charge on any atom is -0.386 e. The highest BCUT2D eigenvalue weighted by Crippen LogP contribution is 2.25. The van der Waals surface area contributed by atoms with E-state index in [1.807, 2.05) is 37.4 Å². The van der Waals surface area contributed by atoms with E-state index in [1.165, 1.54) is 0 Å². The smallest absolute Gasteiger partial charge is 0.101 e. The van der Waals surface area contributed by atoms with Crippen molar-refractivity contribution in [3.05, 3.63) is 52.3 Å². The summed E-state index contributed by atoms with van der Waals surface area (Å²) in [7, 11) is 1.83. The van der Waals surface area contributed by atoms with Gasteiger partial charge in [-0.1, -0.05) is 30.3 Å². The predicted molar refractivity (Wildman–Crippen MR) is 66.0 cm³/mol. The second kappa shape index (κ2) is 4.80. The number of halogens is 1. The average Bonchev–Trinajstić information content (AvgIpc) is 2.60. The number of hydrogen-bond acceptors (Lipinski definition) is 2. The maximum Gasteiger partial charge on any atom is 0.101 e. The van der Waals surface area contributed by atoms with Crippen LogP contribution in [-0.4, -0.2) is 14.9 Å². The van der Waals surface area contributed by atoms with Gasteiger partial charge in [-0.2, -0.15) is 5.10 Å². The maximum atomic E-state index is 10.1. The lowest BCUT2D eigenvalue weighted by molar-refractivity contribution is 0.168. The monoisotopic (exact) mass is 280 g/mol. The Morgan fingerprint density at radius 3 is 2.62 bits per heavy atom. The van der Waals surface area contributed by atoms with Crippen molar-refractivity contribution in [2.24, 2.45) is 7.05 Å². The van der Waals surface area contributed by atoms with Crippen LogP contribution in [0.5, 0.6) is 0 Å². The Labute approximate surface area is 103 Å². The number of aromatic nitrogens is 2. The van der Waals surface area contributed by atoms with Gasteiger partial charge < -0.3 is 5.11 Å². The maximum absolute atomic E-state index is 10.1. The molecule has 3 nitrogen and oxygen atoms in total. The van der Waals surface area contributed by atoms with Gasteiger partial charge in [0.2, 0.25) is 0 Å². The van der Waals surface area contributed by atoms with Crippen LogP contribution in [0.1, 0.15) is 17.4 Å². The molecule has 1 aromatic carbocycles. The summed E-state index contributed by atoms with van der Waals surface area (Å²) in [5, 5.41) is 14.2. The van der Waals surface area contributed by atoms with Crippen molar-refractivity contribution in [3.63, 3.8) is 0 Å². The zero-order valence-corrected chi connectivity index (χ0v) is 10.6. The minimum absolute atomic E-state index is 0.538. The van der Waals surface area contributed by atoms with Gasteiger partial charge in [0.1, 0.15) is 6.10 Å². The van der Waals surface area contributed by atoms with Crippen molar-refractivity contribution in [3.8, 4) is 0 Å². The Hall–Kier alpha value is -1.13. The van der Waals surface area contributed by atoms with Crippen LogP contribution in [0.2, 0.25) is 0 Å². The molecule has 0 saturated carbocycles. The van der Waals surface area contributed by atoms with Gasteiger partial charge in [0.15, 0.2) is 0 Å². The molecule has 1 atom stereocenters. The molecule has 84 valence electrons. The number of hydrogen-bond donors (Lipinski definition) is 1. The number of aliphatic hydroxyl groups excluding tert-OH is 1. The van der Waals surface area contributed by atoms with Crippen LogP contribution in [0.3, 0.4) is 0 Å². The molecule has 0 aliphatic carbocycles. The molecule has 0 bridgehead atoms. The van der Waals surface area contributed by atoms with Crippen LogP contribution < -0.4 is 0 Å². The third kappa shape index (κ3) is 2.33. The van der Waals surface area contributed by atoms with Gasteiger partial charge in [0.05, 0.1) is 16.4 Å². The van der Waals surface area contributed by atoms with Gasteiger partial charge in [-0.15, -0.1) is 0 Å². The summed E-state index contributed by atoms with van der Waals surface area (Å²) in [6, 6.07) is 9.93. The van der Waals surface area contributed by atoms with E-state index in [9.17, 15) is 5.11 Å². The summed E-state index contributed by atoms with van der Waals surface area (Å²) in [4.78, 5) is 0. The first kappa shape index (κ1) is 11.4. The normalized spacial score (nSPS) is 12.7. The summed E-state index contributed by atoms with van der Waals surface area (Å²) in [6.07, 6.45) is 1.76. The van der Waals surface area contributed by atoms with Crippen LogP contribution in [0.25, 0.3) is 0 Å². The average molecular weight is 281 g/mol. The van der Waals surface area contributed by atoms with E-state index in [4.69, 9.17) is 0 Å². The highest BCUT2D eigenvalue weighted by atomic mass is 79.9. The van der Waals surface area contributed by atoms with E-state index < -0.39 is 6.10 Å². The molecule has 0 aliphatic heterocycles. The van der Waals surface area contributed by atoms with Crippen LogP contribution in [0.4, 0.5) is 0 Å². The number of aliphatic hydroxyl groups is 1. The van der Waals surface area contributed by atoms with Gasteiger partial charge >= 0.3 is 0 Å². The Balaban J connectivity index is 2.18. The first-order chi connectivity index (χ1) is 7.68. The Kier molecular flexibility index (Phi) is 3.41. The standard InChI is InChI=1S/C12H13BrN2O/c1-15-12(10(13)8-14-15)11(16)7-9-5-3-2-4-6-9/h2-6,8,11,16H,7H2,1H3. The first-order valence-electron chi connectivity index (χ1n) is 5.08. The van der Waals surface area contributed by atoms with Crippen molar-refractivity contribution in [2.45, 2.75) is 12.5 Å². The van der Waals surface area contributed by atoms with Gasteiger partial charge in [-0.05, 0) is 21.5 Å². The van der Waals surface area contributed by atoms with E-state index in [-0.39, 0.29) is 0 Å². The van der Waals surface area contributed by atoms with E-state index in [1.54, 1.807) is 10.9 Å². The van der Waals surface area contributed by atoms with Crippen molar-refractivity contribution in [2.75, 3.05) is 0 Å².